The predicted octanol–water partition coefficient (Wildman–Crippen LogP) is 5.43. The monoisotopic (exact) mass is 377 g/mol. The number of rotatable bonds is 12. The quantitative estimate of drug-likeness (QED) is 0.456. The number of ether oxygens (including phenoxy) is 2. The molecule has 0 aromatic heterocycles. The van der Waals surface area contributed by atoms with Crippen LogP contribution >= 0.6 is 0 Å². The van der Waals surface area contributed by atoms with Crippen LogP contribution in [0.25, 0.3) is 0 Å². The molecule has 152 valence electrons. The van der Waals surface area contributed by atoms with Gasteiger partial charge < -0.3 is 14.4 Å². The fourth-order valence-corrected chi connectivity index (χ4v) is 2.95. The molecular formula is C22H35NO4. The average molecular weight is 378 g/mol. The van der Waals surface area contributed by atoms with Gasteiger partial charge >= 0.3 is 12.1 Å². The van der Waals surface area contributed by atoms with Crippen molar-refractivity contribution in [2.45, 2.75) is 66.3 Å². The molecule has 27 heavy (non-hydrogen) atoms. The largest absolute Gasteiger partial charge is 0.462 e. The number of esters is 1. The topological polar surface area (TPSA) is 55.8 Å². The predicted molar refractivity (Wildman–Crippen MR) is 108 cm³/mol. The minimum absolute atomic E-state index is 0.319. The maximum Gasteiger partial charge on any atom is 0.410 e. The zero-order valence-electron chi connectivity index (χ0n) is 17.3. The van der Waals surface area contributed by atoms with Gasteiger partial charge in [0.1, 0.15) is 0 Å². The Hall–Kier alpha value is -2.04. The maximum atomic E-state index is 12.6. The minimum Gasteiger partial charge on any atom is -0.462 e. The Morgan fingerprint density at radius 1 is 1.04 bits per heavy atom. The van der Waals surface area contributed by atoms with E-state index in [0.717, 1.165) is 37.7 Å². The smallest absolute Gasteiger partial charge is 0.410 e. The maximum absolute atomic E-state index is 12.6. The van der Waals surface area contributed by atoms with Crippen LogP contribution in [0.5, 0.6) is 0 Å². The molecule has 0 radical (unpaired) electrons. The summed E-state index contributed by atoms with van der Waals surface area (Å²) in [6.45, 7) is 9.79. The van der Waals surface area contributed by atoms with E-state index < -0.39 is 0 Å². The molecule has 0 fully saturated rings. The van der Waals surface area contributed by atoms with Crippen LogP contribution in [-0.4, -0.2) is 36.7 Å². The zero-order valence-corrected chi connectivity index (χ0v) is 17.3. The van der Waals surface area contributed by atoms with Gasteiger partial charge in [0.2, 0.25) is 0 Å². The highest BCUT2D eigenvalue weighted by molar-refractivity contribution is 5.91. The van der Waals surface area contributed by atoms with Crippen molar-refractivity contribution in [3.05, 3.63) is 35.4 Å². The lowest BCUT2D eigenvalue weighted by Crippen LogP contribution is -2.32. The molecule has 0 saturated carbocycles. The number of unbranched alkanes of at least 4 members (excludes halogenated alkanes) is 1. The van der Waals surface area contributed by atoms with E-state index in [-0.39, 0.29) is 12.1 Å². The highest BCUT2D eigenvalue weighted by atomic mass is 16.6. The van der Waals surface area contributed by atoms with Crippen LogP contribution in [0.1, 0.15) is 75.7 Å². The van der Waals surface area contributed by atoms with E-state index in [1.807, 2.05) is 25.1 Å². The number of hydrogen-bond donors (Lipinski definition) is 0. The van der Waals surface area contributed by atoms with E-state index in [2.05, 4.69) is 13.8 Å². The van der Waals surface area contributed by atoms with Gasteiger partial charge in [0.25, 0.3) is 0 Å². The van der Waals surface area contributed by atoms with E-state index in [0.29, 0.717) is 37.8 Å². The van der Waals surface area contributed by atoms with Gasteiger partial charge in [-0.3, -0.25) is 0 Å². The van der Waals surface area contributed by atoms with Crippen LogP contribution in [0.3, 0.4) is 0 Å². The molecule has 1 unspecified atom stereocenters. The van der Waals surface area contributed by atoms with Gasteiger partial charge in [0, 0.05) is 13.1 Å². The Morgan fingerprint density at radius 2 is 1.78 bits per heavy atom. The number of nitrogens with zero attached hydrogens (tertiary/aromatic N) is 1. The molecule has 1 rings (SSSR count). The van der Waals surface area contributed by atoms with Gasteiger partial charge in [-0.05, 0) is 37.3 Å². The van der Waals surface area contributed by atoms with Crippen molar-refractivity contribution in [3.63, 3.8) is 0 Å². The van der Waals surface area contributed by atoms with Crippen molar-refractivity contribution < 1.29 is 19.1 Å². The number of hydrogen-bond acceptors (Lipinski definition) is 4. The first-order valence-electron chi connectivity index (χ1n) is 10.2. The number of amides is 1. The van der Waals surface area contributed by atoms with Crippen LogP contribution in [0, 0.1) is 5.92 Å². The Kier molecular flexibility index (Phi) is 11.2. The van der Waals surface area contributed by atoms with Crippen molar-refractivity contribution in [2.75, 3.05) is 19.8 Å². The molecule has 0 bridgehead atoms. The van der Waals surface area contributed by atoms with Crippen molar-refractivity contribution >= 4 is 12.1 Å². The summed E-state index contributed by atoms with van der Waals surface area (Å²) in [4.78, 5) is 26.4. The fourth-order valence-electron chi connectivity index (χ4n) is 2.95. The molecule has 1 amide bonds. The standard InChI is InChI=1S/C22H35NO4/c1-5-9-12-18(7-3)17-27-21(24)20-14-11-10-13-19(20)16-23(15-6-2)22(25)26-8-4/h10-11,13-14,18H,5-9,12,15-17H2,1-4H3. The van der Waals surface area contributed by atoms with Gasteiger partial charge in [-0.2, -0.15) is 0 Å². The Bertz CT molecular complexity index is 573. The Morgan fingerprint density at radius 3 is 2.41 bits per heavy atom. The summed E-state index contributed by atoms with van der Waals surface area (Å²) in [6.07, 6.45) is 4.85. The lowest BCUT2D eigenvalue weighted by atomic mass is 10.0. The summed E-state index contributed by atoms with van der Waals surface area (Å²) >= 11 is 0. The highest BCUT2D eigenvalue weighted by Crippen LogP contribution is 2.17. The second kappa shape index (κ2) is 13.2. The first-order chi connectivity index (χ1) is 13.1. The minimum atomic E-state index is -0.354. The summed E-state index contributed by atoms with van der Waals surface area (Å²) in [7, 11) is 0. The molecule has 0 aliphatic carbocycles. The van der Waals surface area contributed by atoms with Gasteiger partial charge in [-0.25, -0.2) is 9.59 Å². The summed E-state index contributed by atoms with van der Waals surface area (Å²) in [6, 6.07) is 7.33. The summed E-state index contributed by atoms with van der Waals surface area (Å²) < 4.78 is 10.7. The molecule has 0 spiro atoms. The van der Waals surface area contributed by atoms with Crippen molar-refractivity contribution in [3.8, 4) is 0 Å². The van der Waals surface area contributed by atoms with Crippen LogP contribution in [0.2, 0.25) is 0 Å². The zero-order chi connectivity index (χ0) is 20.1. The lowest BCUT2D eigenvalue weighted by Gasteiger charge is -2.22. The molecule has 0 aliphatic rings. The summed E-state index contributed by atoms with van der Waals surface area (Å²) in [5, 5.41) is 0. The van der Waals surface area contributed by atoms with Crippen molar-refractivity contribution in [1.29, 1.82) is 0 Å². The van der Waals surface area contributed by atoms with Crippen LogP contribution < -0.4 is 0 Å². The van der Waals surface area contributed by atoms with Gasteiger partial charge in [-0.1, -0.05) is 58.2 Å². The van der Waals surface area contributed by atoms with E-state index in [9.17, 15) is 9.59 Å². The van der Waals surface area contributed by atoms with Crippen LogP contribution in [0.4, 0.5) is 4.79 Å². The molecule has 1 aromatic carbocycles. The lowest BCUT2D eigenvalue weighted by molar-refractivity contribution is 0.0424. The third-order valence-electron chi connectivity index (χ3n) is 4.61. The van der Waals surface area contributed by atoms with Crippen LogP contribution in [0.15, 0.2) is 24.3 Å². The van der Waals surface area contributed by atoms with E-state index >= 15 is 0 Å². The highest BCUT2D eigenvalue weighted by Gasteiger charge is 2.19. The number of carbonyl (C=O) groups is 2. The van der Waals surface area contributed by atoms with Gasteiger partial charge in [-0.15, -0.1) is 0 Å². The summed E-state index contributed by atoms with van der Waals surface area (Å²) in [5.41, 5.74) is 1.30. The fraction of sp³-hybridized carbons (Fsp3) is 0.636. The summed E-state index contributed by atoms with van der Waals surface area (Å²) in [5.74, 6) is 0.0815. The van der Waals surface area contributed by atoms with E-state index in [4.69, 9.17) is 9.47 Å². The molecule has 0 aliphatic heterocycles. The molecule has 0 N–H and O–H groups in total. The van der Waals surface area contributed by atoms with Crippen LogP contribution in [-0.2, 0) is 16.0 Å². The average Bonchev–Trinajstić information content (AvgIpc) is 2.68. The second-order valence-electron chi connectivity index (χ2n) is 6.79. The second-order valence-corrected chi connectivity index (χ2v) is 6.79. The molecule has 5 nitrogen and oxygen atoms in total. The van der Waals surface area contributed by atoms with E-state index in [1.54, 1.807) is 17.9 Å². The molecular weight excluding hydrogens is 342 g/mol. The molecule has 5 heteroatoms. The third kappa shape index (κ3) is 8.02. The Balaban J connectivity index is 2.81. The third-order valence-corrected chi connectivity index (χ3v) is 4.61. The first kappa shape index (κ1) is 23.0. The Labute approximate surface area is 164 Å². The number of benzene rings is 1. The van der Waals surface area contributed by atoms with E-state index in [1.165, 1.54) is 0 Å². The molecule has 0 saturated heterocycles. The molecule has 1 aromatic rings. The van der Waals surface area contributed by atoms with Gasteiger partial charge in [0.05, 0.1) is 18.8 Å². The first-order valence-corrected chi connectivity index (χ1v) is 10.2. The van der Waals surface area contributed by atoms with Crippen molar-refractivity contribution in [1.82, 2.24) is 4.90 Å². The van der Waals surface area contributed by atoms with Gasteiger partial charge in [0.15, 0.2) is 0 Å². The number of carbonyl (C=O) groups excluding carboxylic acids is 2. The molecule has 0 heterocycles. The molecule has 1 atom stereocenters. The normalized spacial score (nSPS) is 11.7. The van der Waals surface area contributed by atoms with Crippen molar-refractivity contribution in [2.24, 2.45) is 5.92 Å². The SMILES string of the molecule is CCCCC(CC)COC(=O)c1ccccc1CN(CCC)C(=O)OCC.